The summed E-state index contributed by atoms with van der Waals surface area (Å²) in [5.74, 6) is -0.249. The highest BCUT2D eigenvalue weighted by Gasteiger charge is 2.36. The lowest BCUT2D eigenvalue weighted by Gasteiger charge is -2.30. The number of amides is 1. The number of rotatable bonds is 2. The summed E-state index contributed by atoms with van der Waals surface area (Å²) in [6.45, 7) is -0.212. The van der Waals surface area contributed by atoms with Crippen molar-refractivity contribution in [3.8, 4) is 0 Å². The molecule has 0 aliphatic carbocycles. The van der Waals surface area contributed by atoms with E-state index in [1.807, 2.05) is 0 Å². The zero-order chi connectivity index (χ0) is 14.9. The van der Waals surface area contributed by atoms with E-state index in [1.54, 1.807) is 0 Å². The molecule has 1 unspecified atom stereocenters. The van der Waals surface area contributed by atoms with Crippen LogP contribution in [0.3, 0.4) is 0 Å². The third-order valence-electron chi connectivity index (χ3n) is 3.21. The molecule has 8 nitrogen and oxygen atoms in total. The molecule has 108 valence electrons. The number of sulfone groups is 1. The van der Waals surface area contributed by atoms with Gasteiger partial charge in [0.2, 0.25) is 0 Å². The molecule has 0 spiro atoms. The van der Waals surface area contributed by atoms with Gasteiger partial charge in [-0.1, -0.05) is 12.1 Å². The average molecular weight is 300 g/mol. The highest BCUT2D eigenvalue weighted by atomic mass is 32.2. The van der Waals surface area contributed by atoms with Gasteiger partial charge in [-0.15, -0.1) is 0 Å². The molecule has 0 saturated carbocycles. The van der Waals surface area contributed by atoms with Crippen molar-refractivity contribution in [3.05, 3.63) is 39.9 Å². The molecule has 1 aromatic carbocycles. The summed E-state index contributed by atoms with van der Waals surface area (Å²) in [6.07, 6.45) is -1.17. The number of hydrogen-bond donors (Lipinski definition) is 1. The summed E-state index contributed by atoms with van der Waals surface area (Å²) in [5, 5.41) is 18.5. The molecule has 9 heteroatoms. The number of benzene rings is 1. The van der Waals surface area contributed by atoms with Gasteiger partial charge < -0.3 is 10.0 Å². The topological polar surface area (TPSA) is 118 Å². The van der Waals surface area contributed by atoms with E-state index >= 15 is 0 Å². The number of non-ortho nitro benzene ring substituents is 1. The first kappa shape index (κ1) is 14.3. The van der Waals surface area contributed by atoms with Crippen LogP contribution in [-0.4, -0.2) is 48.3 Å². The van der Waals surface area contributed by atoms with Gasteiger partial charge in [0, 0.05) is 25.2 Å². The van der Waals surface area contributed by atoms with Gasteiger partial charge in [0.1, 0.15) is 5.25 Å². The van der Waals surface area contributed by atoms with Crippen molar-refractivity contribution in [2.75, 3.05) is 18.8 Å². The summed E-state index contributed by atoms with van der Waals surface area (Å²) in [5.41, 5.74) is 0.221. The molecule has 1 aromatic rings. The SMILES string of the molecule is O=C(O)N1CCS(=O)(=O)C(c2ccc([N+](=O)[O-])cc2)C1. The summed E-state index contributed by atoms with van der Waals surface area (Å²) >= 11 is 0. The van der Waals surface area contributed by atoms with Gasteiger partial charge in [-0.3, -0.25) is 10.1 Å². The molecule has 2 rings (SSSR count). The van der Waals surface area contributed by atoms with E-state index in [0.717, 1.165) is 4.90 Å². The Labute approximate surface area is 114 Å². The summed E-state index contributed by atoms with van der Waals surface area (Å²) < 4.78 is 24.0. The molecule has 1 N–H and O–H groups in total. The maximum atomic E-state index is 12.0. The van der Waals surface area contributed by atoms with Gasteiger partial charge in [-0.05, 0) is 5.56 Å². The number of nitro benzene ring substituents is 1. The van der Waals surface area contributed by atoms with E-state index < -0.39 is 26.1 Å². The molecule has 1 amide bonds. The minimum atomic E-state index is -3.45. The smallest absolute Gasteiger partial charge is 0.407 e. The molecule has 1 heterocycles. The average Bonchev–Trinajstić information content (AvgIpc) is 2.38. The first-order chi connectivity index (χ1) is 9.31. The van der Waals surface area contributed by atoms with Crippen molar-refractivity contribution in [1.29, 1.82) is 0 Å². The Morgan fingerprint density at radius 3 is 2.45 bits per heavy atom. The van der Waals surface area contributed by atoms with Gasteiger partial charge in [-0.2, -0.15) is 0 Å². The normalized spacial score (nSPS) is 21.4. The molecular formula is C11H12N2O6S. The van der Waals surface area contributed by atoms with Crippen LogP contribution in [0.1, 0.15) is 10.8 Å². The molecular weight excluding hydrogens is 288 g/mol. The standard InChI is InChI=1S/C11H12N2O6S/c14-11(15)12-5-6-20(18,19)10(7-12)8-1-3-9(4-2-8)13(16)17/h1-4,10H,5-7H2,(H,14,15). The van der Waals surface area contributed by atoms with E-state index in [-0.39, 0.29) is 24.5 Å². The van der Waals surface area contributed by atoms with Gasteiger partial charge >= 0.3 is 6.09 Å². The van der Waals surface area contributed by atoms with Crippen molar-refractivity contribution < 1.29 is 23.2 Å². The van der Waals surface area contributed by atoms with Crippen LogP contribution in [0.4, 0.5) is 10.5 Å². The van der Waals surface area contributed by atoms with Crippen molar-refractivity contribution >= 4 is 21.6 Å². The minimum Gasteiger partial charge on any atom is -0.465 e. The van der Waals surface area contributed by atoms with Crippen LogP contribution in [0.5, 0.6) is 0 Å². The maximum Gasteiger partial charge on any atom is 0.407 e. The fourth-order valence-corrected chi connectivity index (χ4v) is 3.82. The Kier molecular flexibility index (Phi) is 3.62. The highest BCUT2D eigenvalue weighted by molar-refractivity contribution is 7.91. The summed E-state index contributed by atoms with van der Waals surface area (Å²) in [6, 6.07) is 5.13. The van der Waals surface area contributed by atoms with Crippen LogP contribution in [0, 0.1) is 10.1 Å². The fourth-order valence-electron chi connectivity index (χ4n) is 2.08. The Hall–Kier alpha value is -2.16. The third kappa shape index (κ3) is 2.72. The van der Waals surface area contributed by atoms with E-state index in [1.165, 1.54) is 24.3 Å². The van der Waals surface area contributed by atoms with E-state index in [4.69, 9.17) is 5.11 Å². The molecule has 1 saturated heterocycles. The molecule has 1 aliphatic heterocycles. The Balaban J connectivity index is 2.32. The van der Waals surface area contributed by atoms with E-state index in [2.05, 4.69) is 0 Å². The largest absolute Gasteiger partial charge is 0.465 e. The zero-order valence-electron chi connectivity index (χ0n) is 10.3. The van der Waals surface area contributed by atoms with E-state index in [9.17, 15) is 23.3 Å². The zero-order valence-corrected chi connectivity index (χ0v) is 11.1. The minimum absolute atomic E-state index is 0.0544. The fraction of sp³-hybridized carbons (Fsp3) is 0.364. The van der Waals surface area contributed by atoms with Crippen molar-refractivity contribution in [3.63, 3.8) is 0 Å². The van der Waals surface area contributed by atoms with Crippen molar-refractivity contribution in [1.82, 2.24) is 4.90 Å². The number of nitro groups is 1. The molecule has 20 heavy (non-hydrogen) atoms. The Morgan fingerprint density at radius 1 is 1.35 bits per heavy atom. The molecule has 0 bridgehead atoms. The van der Waals surface area contributed by atoms with Gasteiger partial charge in [0.05, 0.1) is 10.7 Å². The van der Waals surface area contributed by atoms with Crippen LogP contribution >= 0.6 is 0 Å². The van der Waals surface area contributed by atoms with Crippen LogP contribution in [0.15, 0.2) is 24.3 Å². The molecule has 1 atom stereocenters. The first-order valence-electron chi connectivity index (χ1n) is 5.75. The number of carbonyl (C=O) groups is 1. The Morgan fingerprint density at radius 2 is 1.95 bits per heavy atom. The second-order valence-electron chi connectivity index (χ2n) is 4.43. The molecule has 1 aliphatic rings. The molecule has 0 radical (unpaired) electrons. The second-order valence-corrected chi connectivity index (χ2v) is 6.74. The van der Waals surface area contributed by atoms with Crippen LogP contribution in [0.2, 0.25) is 0 Å². The van der Waals surface area contributed by atoms with Crippen LogP contribution < -0.4 is 0 Å². The quantitative estimate of drug-likeness (QED) is 0.644. The number of hydrogen-bond acceptors (Lipinski definition) is 5. The van der Waals surface area contributed by atoms with Crippen LogP contribution in [-0.2, 0) is 9.84 Å². The summed E-state index contributed by atoms with van der Waals surface area (Å²) in [4.78, 5) is 21.9. The maximum absolute atomic E-state index is 12.0. The number of carboxylic acid groups (broad SMARTS) is 1. The van der Waals surface area contributed by atoms with Gasteiger partial charge in [0.15, 0.2) is 9.84 Å². The Bertz CT molecular complexity index is 639. The lowest BCUT2D eigenvalue weighted by molar-refractivity contribution is -0.384. The lowest BCUT2D eigenvalue weighted by atomic mass is 10.1. The van der Waals surface area contributed by atoms with Gasteiger partial charge in [0.25, 0.3) is 5.69 Å². The number of nitrogens with zero attached hydrogens (tertiary/aromatic N) is 2. The van der Waals surface area contributed by atoms with Crippen molar-refractivity contribution in [2.45, 2.75) is 5.25 Å². The highest BCUT2D eigenvalue weighted by Crippen LogP contribution is 2.29. The third-order valence-corrected chi connectivity index (χ3v) is 5.25. The predicted molar refractivity (Wildman–Crippen MR) is 69.2 cm³/mol. The monoisotopic (exact) mass is 300 g/mol. The first-order valence-corrected chi connectivity index (χ1v) is 7.46. The molecule has 1 fully saturated rings. The lowest BCUT2D eigenvalue weighted by Crippen LogP contribution is -2.44. The summed E-state index contributed by atoms with van der Waals surface area (Å²) in [7, 11) is -3.45. The molecule has 0 aromatic heterocycles. The van der Waals surface area contributed by atoms with Crippen LogP contribution in [0.25, 0.3) is 0 Å². The van der Waals surface area contributed by atoms with Crippen molar-refractivity contribution in [2.24, 2.45) is 0 Å². The van der Waals surface area contributed by atoms with E-state index in [0.29, 0.717) is 5.56 Å². The predicted octanol–water partition coefficient (Wildman–Crippen LogP) is 1.04. The second kappa shape index (κ2) is 5.08. The van der Waals surface area contributed by atoms with Gasteiger partial charge in [-0.25, -0.2) is 13.2 Å².